The topological polar surface area (TPSA) is 76.7 Å². The van der Waals surface area contributed by atoms with Crippen LogP contribution in [0.2, 0.25) is 5.02 Å². The second-order valence-electron chi connectivity index (χ2n) is 10.3. The van der Waals surface area contributed by atoms with Crippen LogP contribution in [0.5, 0.6) is 0 Å². The first kappa shape index (κ1) is 31.0. The third kappa shape index (κ3) is 8.76. The minimum absolute atomic E-state index is 0.0624. The number of piperazine rings is 1. The van der Waals surface area contributed by atoms with Crippen LogP contribution in [0, 0.1) is 11.6 Å². The van der Waals surface area contributed by atoms with E-state index in [2.05, 4.69) is 16.0 Å². The molecule has 0 aliphatic carbocycles. The molecule has 2 fully saturated rings. The number of hydrogen-bond acceptors (Lipinski definition) is 5. The van der Waals surface area contributed by atoms with Gasteiger partial charge in [0, 0.05) is 62.3 Å². The summed E-state index contributed by atoms with van der Waals surface area (Å²) in [6.45, 7) is 2.07. The first-order valence-electron chi connectivity index (χ1n) is 13.6. The fourth-order valence-corrected chi connectivity index (χ4v) is 5.21. The molecular weight excluding hydrogens is 569 g/mol. The monoisotopic (exact) mass is 601 g/mol. The van der Waals surface area contributed by atoms with Crippen LogP contribution in [0.15, 0.2) is 30.3 Å². The van der Waals surface area contributed by atoms with E-state index in [4.69, 9.17) is 11.6 Å². The lowest BCUT2D eigenvalue weighted by atomic mass is 10.0. The quantitative estimate of drug-likeness (QED) is 0.349. The first-order chi connectivity index (χ1) is 19.5. The smallest absolute Gasteiger partial charge is 0.367 e. The average Bonchev–Trinajstić information content (AvgIpc) is 2.94. The zero-order valence-electron chi connectivity index (χ0n) is 22.4. The number of piperidine rings is 1. The van der Waals surface area contributed by atoms with Gasteiger partial charge in [0.2, 0.25) is 5.91 Å². The van der Waals surface area contributed by atoms with Gasteiger partial charge < -0.3 is 20.9 Å². The summed E-state index contributed by atoms with van der Waals surface area (Å²) < 4.78 is 67.5. The molecule has 4 rings (SSSR count). The van der Waals surface area contributed by atoms with Crippen molar-refractivity contribution < 1.29 is 31.5 Å². The molecule has 3 N–H and O–H groups in total. The second-order valence-corrected chi connectivity index (χ2v) is 10.8. The molecule has 2 aromatic carbocycles. The number of hydrogen-bond donors (Lipinski definition) is 3. The molecule has 41 heavy (non-hydrogen) atoms. The number of anilines is 2. The third-order valence-corrected chi connectivity index (χ3v) is 7.59. The van der Waals surface area contributed by atoms with Gasteiger partial charge in [0.1, 0.15) is 0 Å². The fraction of sp³-hybridized carbons (Fsp3) is 0.500. The SMILES string of the molecule is O=C(C[C@@H]1CCCCN1)NCc1ccc(C(=O)Nc2ccc(Cl)cc2N2CCN(CCC(F)(F)F)CC2)c(F)c1F. The largest absolute Gasteiger partial charge is 0.390 e. The Morgan fingerprint density at radius 1 is 1.02 bits per heavy atom. The van der Waals surface area contributed by atoms with Gasteiger partial charge in [-0.3, -0.25) is 14.5 Å². The summed E-state index contributed by atoms with van der Waals surface area (Å²) in [5, 5.41) is 8.85. The van der Waals surface area contributed by atoms with Crippen LogP contribution < -0.4 is 20.9 Å². The maximum atomic E-state index is 15.0. The maximum absolute atomic E-state index is 15.0. The minimum Gasteiger partial charge on any atom is -0.367 e. The van der Waals surface area contributed by atoms with Crippen molar-refractivity contribution in [2.75, 3.05) is 49.5 Å². The lowest BCUT2D eigenvalue weighted by molar-refractivity contribution is -0.138. The van der Waals surface area contributed by atoms with Gasteiger partial charge in [0.15, 0.2) is 11.6 Å². The van der Waals surface area contributed by atoms with Crippen molar-refractivity contribution in [2.24, 2.45) is 0 Å². The number of carbonyl (C=O) groups excluding carboxylic acids is 2. The van der Waals surface area contributed by atoms with Crippen molar-refractivity contribution in [3.8, 4) is 0 Å². The van der Waals surface area contributed by atoms with Crippen LogP contribution in [0.4, 0.5) is 33.3 Å². The number of nitrogens with one attached hydrogen (secondary N) is 3. The highest BCUT2D eigenvalue weighted by atomic mass is 35.5. The standard InChI is InChI=1S/C28H33ClF5N5O2/c29-19-5-7-22(23(15-19)39-13-11-38(12-14-39)10-8-28(32,33)34)37-27(41)21-6-4-18(25(30)26(21)31)17-36-24(40)16-20-3-1-2-9-35-20/h4-7,15,20,35H,1-3,8-14,16-17H2,(H,36,40)(H,37,41)/t20-/m0/s1. The molecule has 2 aliphatic heterocycles. The third-order valence-electron chi connectivity index (χ3n) is 7.36. The second kappa shape index (κ2) is 13.8. The Morgan fingerprint density at radius 3 is 2.46 bits per heavy atom. The van der Waals surface area contributed by atoms with Crippen LogP contribution in [-0.4, -0.2) is 68.2 Å². The maximum Gasteiger partial charge on any atom is 0.390 e. The first-order valence-corrected chi connectivity index (χ1v) is 14.0. The highest BCUT2D eigenvalue weighted by molar-refractivity contribution is 6.31. The summed E-state index contributed by atoms with van der Waals surface area (Å²) >= 11 is 6.17. The van der Waals surface area contributed by atoms with Gasteiger partial charge in [0.05, 0.1) is 23.4 Å². The highest BCUT2D eigenvalue weighted by Gasteiger charge is 2.29. The summed E-state index contributed by atoms with van der Waals surface area (Å²) in [5.74, 6) is -3.72. The molecule has 2 aromatic rings. The Labute approximate surface area is 240 Å². The number of alkyl halides is 3. The van der Waals surface area contributed by atoms with Crippen LogP contribution >= 0.6 is 11.6 Å². The van der Waals surface area contributed by atoms with Gasteiger partial charge in [-0.15, -0.1) is 0 Å². The normalized spacial score (nSPS) is 18.3. The molecule has 0 spiro atoms. The van der Waals surface area contributed by atoms with Crippen molar-refractivity contribution in [1.29, 1.82) is 0 Å². The summed E-state index contributed by atoms with van der Waals surface area (Å²) in [4.78, 5) is 28.8. The molecule has 0 radical (unpaired) electrons. The molecule has 2 saturated heterocycles. The fourth-order valence-electron chi connectivity index (χ4n) is 5.05. The van der Waals surface area contributed by atoms with Crippen LogP contribution in [0.1, 0.15) is 48.0 Å². The molecule has 0 saturated carbocycles. The van der Waals surface area contributed by atoms with Crippen LogP contribution in [-0.2, 0) is 11.3 Å². The van der Waals surface area contributed by atoms with Crippen molar-refractivity contribution in [3.63, 3.8) is 0 Å². The number of amides is 2. The van der Waals surface area contributed by atoms with Gasteiger partial charge in [-0.2, -0.15) is 13.2 Å². The molecule has 2 heterocycles. The molecule has 13 heteroatoms. The van der Waals surface area contributed by atoms with Gasteiger partial charge >= 0.3 is 6.18 Å². The number of rotatable bonds is 9. The number of carbonyl (C=O) groups is 2. The zero-order valence-corrected chi connectivity index (χ0v) is 23.2. The Hall–Kier alpha value is -2.96. The molecule has 7 nitrogen and oxygen atoms in total. The zero-order chi connectivity index (χ0) is 29.6. The van der Waals surface area contributed by atoms with Gasteiger partial charge in [0.25, 0.3) is 5.91 Å². The van der Waals surface area contributed by atoms with Gasteiger partial charge in [-0.25, -0.2) is 8.78 Å². The van der Waals surface area contributed by atoms with Crippen LogP contribution in [0.25, 0.3) is 0 Å². The summed E-state index contributed by atoms with van der Waals surface area (Å²) in [5.41, 5.74) is 0.228. The van der Waals surface area contributed by atoms with Gasteiger partial charge in [-0.1, -0.05) is 24.1 Å². The molecule has 0 unspecified atom stereocenters. The van der Waals surface area contributed by atoms with E-state index in [1.807, 2.05) is 4.90 Å². The van der Waals surface area contributed by atoms with Crippen molar-refractivity contribution in [3.05, 3.63) is 58.1 Å². The Kier molecular flexibility index (Phi) is 10.4. The molecule has 2 aliphatic rings. The van der Waals surface area contributed by atoms with Crippen LogP contribution in [0.3, 0.4) is 0 Å². The molecule has 224 valence electrons. The average molecular weight is 602 g/mol. The lowest BCUT2D eigenvalue weighted by Crippen LogP contribution is -2.47. The Bertz CT molecular complexity index is 1230. The molecule has 0 aromatic heterocycles. The lowest BCUT2D eigenvalue weighted by Gasteiger charge is -2.37. The van der Waals surface area contributed by atoms with Crippen molar-refractivity contribution >= 4 is 34.8 Å². The van der Waals surface area contributed by atoms with E-state index in [0.29, 0.717) is 42.6 Å². The minimum atomic E-state index is -4.23. The Morgan fingerprint density at radius 2 is 1.78 bits per heavy atom. The molecular formula is C28H33ClF5N5O2. The molecule has 0 bridgehead atoms. The summed E-state index contributed by atoms with van der Waals surface area (Å²) in [6, 6.07) is 7.15. The number of nitrogens with zero attached hydrogens (tertiary/aromatic N) is 2. The van der Waals surface area contributed by atoms with E-state index in [0.717, 1.165) is 31.9 Å². The predicted molar refractivity (Wildman–Crippen MR) is 147 cm³/mol. The number of halogens is 6. The van der Waals surface area contributed by atoms with E-state index in [1.54, 1.807) is 11.0 Å². The van der Waals surface area contributed by atoms with E-state index >= 15 is 0 Å². The van der Waals surface area contributed by atoms with Gasteiger partial charge in [-0.05, 0) is 43.7 Å². The Balaban J connectivity index is 1.38. The van der Waals surface area contributed by atoms with E-state index in [-0.39, 0.29) is 37.0 Å². The molecule has 2 amide bonds. The van der Waals surface area contributed by atoms with Crippen molar-refractivity contribution in [1.82, 2.24) is 15.5 Å². The molecule has 1 atom stereocenters. The van der Waals surface area contributed by atoms with E-state index < -0.39 is 35.7 Å². The summed E-state index contributed by atoms with van der Waals surface area (Å²) in [6.07, 6.45) is -1.89. The van der Waals surface area contributed by atoms with Crippen molar-refractivity contribution in [2.45, 2.75) is 50.9 Å². The highest BCUT2D eigenvalue weighted by Crippen LogP contribution is 2.31. The number of benzene rings is 2. The van der Waals surface area contributed by atoms with E-state index in [1.165, 1.54) is 18.2 Å². The van der Waals surface area contributed by atoms with E-state index in [9.17, 15) is 31.5 Å². The summed E-state index contributed by atoms with van der Waals surface area (Å²) in [7, 11) is 0. The predicted octanol–water partition coefficient (Wildman–Crippen LogP) is 5.09.